The zero-order valence-electron chi connectivity index (χ0n) is 19.3. The molecule has 1 N–H and O–H groups in total. The number of aryl methyl sites for hydroxylation is 2. The van der Waals surface area contributed by atoms with Crippen LogP contribution >= 0.6 is 0 Å². The highest BCUT2D eigenvalue weighted by Gasteiger charge is 2.39. The molecule has 0 spiro atoms. The van der Waals surface area contributed by atoms with Crippen LogP contribution in [0, 0.1) is 0 Å². The third-order valence-corrected chi connectivity index (χ3v) is 10.6. The van der Waals surface area contributed by atoms with Gasteiger partial charge in [-0.2, -0.15) is 0 Å². The van der Waals surface area contributed by atoms with Gasteiger partial charge in [-0.15, -0.1) is 0 Å². The Balaban J connectivity index is 1.98. The van der Waals surface area contributed by atoms with Crippen molar-refractivity contribution in [2.45, 2.75) is 70.6 Å². The minimum Gasteiger partial charge on any atom is -0.541 e. The highest BCUT2D eigenvalue weighted by Crippen LogP contribution is 2.40. The maximum absolute atomic E-state index is 6.48. The summed E-state index contributed by atoms with van der Waals surface area (Å²) in [5.41, 5.74) is 2.70. The van der Waals surface area contributed by atoms with Gasteiger partial charge >= 0.3 is 0 Å². The van der Waals surface area contributed by atoms with Gasteiger partial charge in [-0.25, -0.2) is 0 Å². The highest BCUT2D eigenvalue weighted by atomic mass is 28.4. The predicted molar refractivity (Wildman–Crippen MR) is 127 cm³/mol. The largest absolute Gasteiger partial charge is 0.541 e. The highest BCUT2D eigenvalue weighted by molar-refractivity contribution is 6.74. The molecule has 0 aliphatic heterocycles. The number of nitrogens with one attached hydrogen (secondary N) is 1. The average molecular weight is 414 g/mol. The van der Waals surface area contributed by atoms with E-state index in [2.05, 4.69) is 94.8 Å². The van der Waals surface area contributed by atoms with E-state index in [1.54, 1.807) is 7.11 Å². The Kier molecular flexibility index (Phi) is 8.35. The van der Waals surface area contributed by atoms with Crippen LogP contribution in [0.1, 0.15) is 44.7 Å². The summed E-state index contributed by atoms with van der Waals surface area (Å²) >= 11 is 0. The minimum absolute atomic E-state index is 0.162. The molecule has 29 heavy (non-hydrogen) atoms. The maximum Gasteiger partial charge on any atom is 0.250 e. The van der Waals surface area contributed by atoms with Crippen LogP contribution in [0.3, 0.4) is 0 Å². The number of ether oxygens (including phenoxy) is 1. The van der Waals surface area contributed by atoms with Crippen LogP contribution in [-0.2, 0) is 12.8 Å². The Morgan fingerprint density at radius 2 is 1.52 bits per heavy atom. The molecule has 2 aromatic carbocycles. The van der Waals surface area contributed by atoms with Crippen molar-refractivity contribution in [3.63, 3.8) is 0 Å². The zero-order valence-corrected chi connectivity index (χ0v) is 20.3. The van der Waals surface area contributed by atoms with Gasteiger partial charge in [0, 0.05) is 6.04 Å². The number of hydrogen-bond donors (Lipinski definition) is 1. The van der Waals surface area contributed by atoms with Crippen molar-refractivity contribution in [2.24, 2.45) is 0 Å². The Morgan fingerprint density at radius 3 is 2.07 bits per heavy atom. The van der Waals surface area contributed by atoms with Crippen molar-refractivity contribution < 1.29 is 9.16 Å². The van der Waals surface area contributed by atoms with Gasteiger partial charge < -0.3 is 14.5 Å². The summed E-state index contributed by atoms with van der Waals surface area (Å²) in [4.78, 5) is 0. The van der Waals surface area contributed by atoms with Crippen LogP contribution in [0.5, 0.6) is 11.5 Å². The summed E-state index contributed by atoms with van der Waals surface area (Å²) in [6.45, 7) is 11.3. The van der Waals surface area contributed by atoms with E-state index in [1.165, 1.54) is 11.1 Å². The summed E-state index contributed by atoms with van der Waals surface area (Å²) in [6.07, 6.45) is 4.38. The summed E-state index contributed by atoms with van der Waals surface area (Å²) in [5.74, 6) is 1.72. The van der Waals surface area contributed by atoms with Crippen molar-refractivity contribution in [3.05, 3.63) is 59.7 Å². The second-order valence-electron chi connectivity index (χ2n) is 9.40. The quantitative estimate of drug-likeness (QED) is 0.468. The van der Waals surface area contributed by atoms with Crippen molar-refractivity contribution in [3.8, 4) is 11.5 Å². The summed E-state index contributed by atoms with van der Waals surface area (Å²) in [6, 6.07) is 17.6. The topological polar surface area (TPSA) is 30.5 Å². The monoisotopic (exact) mass is 413 g/mol. The molecule has 1 unspecified atom stereocenters. The fraction of sp³-hybridized carbons (Fsp3) is 0.520. The molecule has 4 heteroatoms. The summed E-state index contributed by atoms with van der Waals surface area (Å²) < 4.78 is 12.1. The Bertz CT molecular complexity index is 753. The molecule has 0 bridgehead atoms. The van der Waals surface area contributed by atoms with E-state index in [-0.39, 0.29) is 5.04 Å². The lowest BCUT2D eigenvalue weighted by Crippen LogP contribution is -2.43. The fourth-order valence-corrected chi connectivity index (χ4v) is 4.16. The standard InChI is InChI=1S/C25H39NO2Si/c1-25(2,3)29(6,7)28-23-18-15-21(19-24(23)27-5)14-17-22(26-4)16-13-20-11-9-8-10-12-20/h8-12,15,18-19,22,26H,13-14,16-17H2,1-7H3. The molecule has 2 aromatic rings. The molecule has 0 amide bonds. The summed E-state index contributed by atoms with van der Waals surface area (Å²) in [7, 11) is 1.91. The first kappa shape index (κ1) is 23.5. The van der Waals surface area contributed by atoms with Crippen molar-refractivity contribution >= 4 is 8.32 Å². The molecule has 0 fully saturated rings. The molecule has 0 radical (unpaired) electrons. The van der Waals surface area contributed by atoms with Gasteiger partial charge in [0.1, 0.15) is 5.75 Å². The first-order valence-electron chi connectivity index (χ1n) is 10.7. The van der Waals surface area contributed by atoms with E-state index in [1.807, 2.05) is 0 Å². The van der Waals surface area contributed by atoms with Gasteiger partial charge in [0.2, 0.25) is 0 Å². The molecule has 0 saturated carbocycles. The van der Waals surface area contributed by atoms with Gasteiger partial charge in [0.25, 0.3) is 8.32 Å². The average Bonchev–Trinajstić information content (AvgIpc) is 2.68. The van der Waals surface area contributed by atoms with Crippen LogP contribution < -0.4 is 14.5 Å². The number of hydrogen-bond acceptors (Lipinski definition) is 3. The predicted octanol–water partition coefficient (Wildman–Crippen LogP) is 6.23. The van der Waals surface area contributed by atoms with Crippen LogP contribution in [0.25, 0.3) is 0 Å². The first-order valence-corrected chi connectivity index (χ1v) is 13.6. The number of methoxy groups -OCH3 is 1. The SMILES string of the molecule is CNC(CCc1ccccc1)CCc1ccc(O[Si](C)(C)C(C)(C)C)c(OC)c1. The Hall–Kier alpha value is -1.78. The van der Waals surface area contributed by atoms with Gasteiger partial charge in [-0.3, -0.25) is 0 Å². The van der Waals surface area contributed by atoms with E-state index < -0.39 is 8.32 Å². The molecule has 0 heterocycles. The van der Waals surface area contributed by atoms with Gasteiger partial charge in [-0.05, 0) is 74.1 Å². The molecule has 160 valence electrons. The first-order chi connectivity index (χ1) is 13.7. The number of benzene rings is 2. The zero-order chi connectivity index (χ0) is 21.5. The van der Waals surface area contributed by atoms with Crippen LogP contribution in [0.15, 0.2) is 48.5 Å². The molecular formula is C25H39NO2Si. The van der Waals surface area contributed by atoms with Gasteiger partial charge in [0.05, 0.1) is 7.11 Å². The second-order valence-corrected chi connectivity index (χ2v) is 14.1. The lowest BCUT2D eigenvalue weighted by molar-refractivity contribution is 0.385. The van der Waals surface area contributed by atoms with Crippen LogP contribution in [-0.4, -0.2) is 28.5 Å². The van der Waals surface area contributed by atoms with Crippen LogP contribution in [0.2, 0.25) is 18.1 Å². The third kappa shape index (κ3) is 6.90. The molecule has 1 atom stereocenters. The third-order valence-electron chi connectivity index (χ3n) is 6.21. The molecule has 0 aliphatic carbocycles. The lowest BCUT2D eigenvalue weighted by Gasteiger charge is -2.36. The van der Waals surface area contributed by atoms with Gasteiger partial charge in [-0.1, -0.05) is 57.2 Å². The Labute approximate surface area is 179 Å². The molecule has 3 nitrogen and oxygen atoms in total. The van der Waals surface area contributed by atoms with Crippen molar-refractivity contribution in [1.82, 2.24) is 5.32 Å². The normalized spacial score (nSPS) is 13.2. The molecule has 2 rings (SSSR count). The van der Waals surface area contributed by atoms with E-state index in [9.17, 15) is 0 Å². The fourth-order valence-electron chi connectivity index (χ4n) is 3.14. The van der Waals surface area contributed by atoms with E-state index in [0.29, 0.717) is 6.04 Å². The molecule has 0 aromatic heterocycles. The molecule has 0 aliphatic rings. The summed E-state index contributed by atoms with van der Waals surface area (Å²) in [5, 5.41) is 3.64. The van der Waals surface area contributed by atoms with Crippen LogP contribution in [0.4, 0.5) is 0 Å². The second kappa shape index (κ2) is 10.3. The van der Waals surface area contributed by atoms with E-state index >= 15 is 0 Å². The van der Waals surface area contributed by atoms with Crippen molar-refractivity contribution in [2.75, 3.05) is 14.2 Å². The maximum atomic E-state index is 6.48. The van der Waals surface area contributed by atoms with E-state index in [4.69, 9.17) is 9.16 Å². The number of rotatable bonds is 10. The minimum atomic E-state index is -1.89. The lowest BCUT2D eigenvalue weighted by atomic mass is 9.99. The Morgan fingerprint density at radius 1 is 0.897 bits per heavy atom. The molecule has 0 saturated heterocycles. The van der Waals surface area contributed by atoms with Crippen molar-refractivity contribution in [1.29, 1.82) is 0 Å². The smallest absolute Gasteiger partial charge is 0.250 e. The van der Waals surface area contributed by atoms with Gasteiger partial charge in [0.15, 0.2) is 5.75 Å². The molecular weight excluding hydrogens is 374 g/mol. The van der Waals surface area contributed by atoms with E-state index in [0.717, 1.165) is 37.2 Å².